The van der Waals surface area contributed by atoms with Crippen LogP contribution in [0.2, 0.25) is 0 Å². The summed E-state index contributed by atoms with van der Waals surface area (Å²) >= 11 is 0. The lowest BCUT2D eigenvalue weighted by atomic mass is 10.2. The highest BCUT2D eigenvalue weighted by molar-refractivity contribution is 5.89. The molecule has 30 heavy (non-hydrogen) atoms. The second-order valence-corrected chi connectivity index (χ2v) is 6.70. The molecular formula is C22H19F2N5O. The van der Waals surface area contributed by atoms with Gasteiger partial charge in [0, 0.05) is 25.2 Å². The molecule has 0 bridgehead atoms. The molecule has 8 heteroatoms. The van der Waals surface area contributed by atoms with Crippen molar-refractivity contribution in [3.8, 4) is 0 Å². The van der Waals surface area contributed by atoms with Crippen LogP contribution in [0.25, 0.3) is 11.2 Å². The van der Waals surface area contributed by atoms with Crippen LogP contribution in [0.3, 0.4) is 0 Å². The Balaban J connectivity index is 1.45. The third-order valence-electron chi connectivity index (χ3n) is 4.58. The van der Waals surface area contributed by atoms with Crippen molar-refractivity contribution in [1.82, 2.24) is 19.9 Å². The topological polar surface area (TPSA) is 71.8 Å². The number of benzene rings is 2. The number of carbonyl (C=O) groups is 1. The van der Waals surface area contributed by atoms with Gasteiger partial charge in [-0.3, -0.25) is 0 Å². The van der Waals surface area contributed by atoms with E-state index in [4.69, 9.17) is 0 Å². The molecule has 0 atom stereocenters. The molecule has 2 aromatic heterocycles. The van der Waals surface area contributed by atoms with Gasteiger partial charge in [0.2, 0.25) is 0 Å². The molecule has 152 valence electrons. The summed E-state index contributed by atoms with van der Waals surface area (Å²) in [5.41, 5.74) is 2.43. The number of hydrogen-bond donors (Lipinski definition) is 2. The van der Waals surface area contributed by atoms with Gasteiger partial charge in [-0.2, -0.15) is 0 Å². The molecule has 6 nitrogen and oxygen atoms in total. The number of imidazole rings is 1. The number of pyridine rings is 1. The Morgan fingerprint density at radius 1 is 1.03 bits per heavy atom. The van der Waals surface area contributed by atoms with Crippen LogP contribution in [-0.4, -0.2) is 27.1 Å². The third kappa shape index (κ3) is 4.43. The van der Waals surface area contributed by atoms with Crippen LogP contribution in [-0.2, 0) is 13.0 Å². The van der Waals surface area contributed by atoms with Gasteiger partial charge in [-0.15, -0.1) is 0 Å². The Kier molecular flexibility index (Phi) is 5.65. The van der Waals surface area contributed by atoms with E-state index in [0.29, 0.717) is 13.0 Å². The largest absolute Gasteiger partial charge is 0.337 e. The fraction of sp³-hybridized carbons (Fsp3) is 0.136. The van der Waals surface area contributed by atoms with E-state index in [9.17, 15) is 13.6 Å². The summed E-state index contributed by atoms with van der Waals surface area (Å²) in [7, 11) is 0. The molecule has 0 spiro atoms. The van der Waals surface area contributed by atoms with E-state index >= 15 is 0 Å². The van der Waals surface area contributed by atoms with E-state index in [1.807, 2.05) is 47.0 Å². The summed E-state index contributed by atoms with van der Waals surface area (Å²) in [6, 6.07) is 15.9. The summed E-state index contributed by atoms with van der Waals surface area (Å²) in [5.74, 6) is -0.569. The number of hydrogen-bond acceptors (Lipinski definition) is 3. The number of aromatic nitrogens is 3. The molecule has 4 rings (SSSR count). The van der Waals surface area contributed by atoms with Gasteiger partial charge in [0.05, 0.1) is 12.2 Å². The first kappa shape index (κ1) is 19.5. The maximum atomic E-state index is 13.7. The van der Waals surface area contributed by atoms with E-state index in [1.54, 1.807) is 6.20 Å². The fourth-order valence-electron chi connectivity index (χ4n) is 3.18. The number of urea groups is 1. The van der Waals surface area contributed by atoms with Crippen molar-refractivity contribution in [2.24, 2.45) is 0 Å². The maximum Gasteiger partial charge on any atom is 0.319 e. The van der Waals surface area contributed by atoms with Gasteiger partial charge < -0.3 is 15.2 Å². The van der Waals surface area contributed by atoms with Gasteiger partial charge in [0.1, 0.15) is 23.0 Å². The molecule has 0 aliphatic carbocycles. The van der Waals surface area contributed by atoms with Crippen LogP contribution in [0.15, 0.2) is 66.9 Å². The predicted octanol–water partition coefficient (Wildman–Crippen LogP) is 4.12. The van der Waals surface area contributed by atoms with Crippen molar-refractivity contribution in [2.45, 2.75) is 13.0 Å². The summed E-state index contributed by atoms with van der Waals surface area (Å²) < 4.78 is 28.9. The zero-order valence-electron chi connectivity index (χ0n) is 16.0. The first-order valence-electron chi connectivity index (χ1n) is 9.44. The standard InChI is InChI=1S/C22H19F2N5O/c23-16-8-9-17(24)19(13-16)28-22(30)26-12-10-20-27-18-7-4-11-25-21(18)29(20)14-15-5-2-1-3-6-15/h1-9,11,13H,10,12,14H2,(H2,26,28,30). The Labute approximate surface area is 171 Å². The van der Waals surface area contributed by atoms with Crippen LogP contribution < -0.4 is 10.6 Å². The average Bonchev–Trinajstić information content (AvgIpc) is 3.09. The van der Waals surface area contributed by atoms with Gasteiger partial charge in [0.15, 0.2) is 5.65 Å². The predicted molar refractivity (Wildman–Crippen MR) is 110 cm³/mol. The maximum absolute atomic E-state index is 13.7. The third-order valence-corrected chi connectivity index (χ3v) is 4.58. The SMILES string of the molecule is O=C(NCCc1nc2cccnc2n1Cc1ccccc1)Nc1cc(F)ccc1F. The van der Waals surface area contributed by atoms with Crippen LogP contribution >= 0.6 is 0 Å². The zero-order chi connectivity index (χ0) is 20.9. The smallest absolute Gasteiger partial charge is 0.319 e. The molecule has 0 unspecified atom stereocenters. The molecule has 2 heterocycles. The van der Waals surface area contributed by atoms with Crippen molar-refractivity contribution in [2.75, 3.05) is 11.9 Å². The Morgan fingerprint density at radius 2 is 1.87 bits per heavy atom. The number of rotatable bonds is 6. The van der Waals surface area contributed by atoms with Crippen molar-refractivity contribution < 1.29 is 13.6 Å². The van der Waals surface area contributed by atoms with Crippen molar-refractivity contribution in [1.29, 1.82) is 0 Å². The summed E-state index contributed by atoms with van der Waals surface area (Å²) in [6.45, 7) is 0.866. The second kappa shape index (κ2) is 8.69. The second-order valence-electron chi connectivity index (χ2n) is 6.70. The summed E-state index contributed by atoms with van der Waals surface area (Å²) in [5, 5.41) is 4.96. The van der Waals surface area contributed by atoms with Gasteiger partial charge in [0.25, 0.3) is 0 Å². The molecule has 0 saturated carbocycles. The molecule has 4 aromatic rings. The lowest BCUT2D eigenvalue weighted by Gasteiger charge is -2.11. The summed E-state index contributed by atoms with van der Waals surface area (Å²) in [6.07, 6.45) is 2.16. The van der Waals surface area contributed by atoms with E-state index in [2.05, 4.69) is 20.6 Å². The van der Waals surface area contributed by atoms with Crippen molar-refractivity contribution >= 4 is 22.9 Å². The highest BCUT2D eigenvalue weighted by Crippen LogP contribution is 2.17. The van der Waals surface area contributed by atoms with Crippen LogP contribution in [0, 0.1) is 11.6 Å². The number of amides is 2. The Morgan fingerprint density at radius 3 is 2.70 bits per heavy atom. The number of fused-ring (bicyclic) bond motifs is 1. The first-order chi connectivity index (χ1) is 14.6. The minimum atomic E-state index is -0.706. The van der Waals surface area contributed by atoms with E-state index in [1.165, 1.54) is 0 Å². The van der Waals surface area contributed by atoms with Gasteiger partial charge in [-0.25, -0.2) is 23.5 Å². The molecule has 0 aliphatic rings. The Bertz CT molecular complexity index is 1180. The molecule has 2 aromatic carbocycles. The highest BCUT2D eigenvalue weighted by atomic mass is 19.1. The van der Waals surface area contributed by atoms with Gasteiger partial charge in [-0.05, 0) is 29.8 Å². The monoisotopic (exact) mass is 407 g/mol. The first-order valence-corrected chi connectivity index (χ1v) is 9.44. The van der Waals surface area contributed by atoms with Gasteiger partial charge in [-0.1, -0.05) is 30.3 Å². The molecule has 2 N–H and O–H groups in total. The number of nitrogens with one attached hydrogen (secondary N) is 2. The van der Waals surface area contributed by atoms with Crippen LogP contribution in [0.5, 0.6) is 0 Å². The summed E-state index contributed by atoms with van der Waals surface area (Å²) in [4.78, 5) is 21.1. The van der Waals surface area contributed by atoms with Crippen LogP contribution in [0.4, 0.5) is 19.3 Å². The molecule has 2 amide bonds. The quantitative estimate of drug-likeness (QED) is 0.505. The van der Waals surface area contributed by atoms with E-state index in [0.717, 1.165) is 40.8 Å². The lowest BCUT2D eigenvalue weighted by molar-refractivity contribution is 0.252. The number of nitrogens with zero attached hydrogens (tertiary/aromatic N) is 3. The average molecular weight is 407 g/mol. The van der Waals surface area contributed by atoms with Gasteiger partial charge >= 0.3 is 6.03 Å². The molecular weight excluding hydrogens is 388 g/mol. The van der Waals surface area contributed by atoms with E-state index < -0.39 is 17.7 Å². The fourth-order valence-corrected chi connectivity index (χ4v) is 3.18. The number of halogens is 2. The molecule has 0 saturated heterocycles. The van der Waals surface area contributed by atoms with Crippen molar-refractivity contribution in [3.05, 3.63) is 89.9 Å². The Hall–Kier alpha value is -3.81. The zero-order valence-corrected chi connectivity index (χ0v) is 16.0. The normalized spacial score (nSPS) is 10.9. The molecule has 0 aliphatic heterocycles. The number of anilines is 1. The van der Waals surface area contributed by atoms with Crippen LogP contribution in [0.1, 0.15) is 11.4 Å². The molecule has 0 radical (unpaired) electrons. The highest BCUT2D eigenvalue weighted by Gasteiger charge is 2.13. The molecule has 0 fully saturated rings. The number of carbonyl (C=O) groups excluding carboxylic acids is 1. The van der Waals surface area contributed by atoms with E-state index in [-0.39, 0.29) is 12.2 Å². The lowest BCUT2D eigenvalue weighted by Crippen LogP contribution is -2.31. The minimum absolute atomic E-state index is 0.215. The van der Waals surface area contributed by atoms with Crippen molar-refractivity contribution in [3.63, 3.8) is 0 Å². The minimum Gasteiger partial charge on any atom is -0.337 e.